The van der Waals surface area contributed by atoms with E-state index in [2.05, 4.69) is 4.90 Å². The van der Waals surface area contributed by atoms with Gasteiger partial charge in [0.2, 0.25) is 0 Å². The molecule has 1 saturated carbocycles. The third kappa shape index (κ3) is 3.04. The number of likely N-dealkylation sites (tertiary alicyclic amines) is 1. The van der Waals surface area contributed by atoms with Crippen molar-refractivity contribution in [3.63, 3.8) is 0 Å². The Bertz CT molecular complexity index is 304. The topological polar surface area (TPSA) is 55.6 Å². The van der Waals surface area contributed by atoms with Crippen molar-refractivity contribution in [2.75, 3.05) is 20.2 Å². The number of unbranched alkanes of at least 4 members (excludes halogenated alkanes) is 1. The van der Waals surface area contributed by atoms with E-state index in [0.29, 0.717) is 6.42 Å². The van der Waals surface area contributed by atoms with Gasteiger partial charge in [-0.2, -0.15) is 0 Å². The molecule has 18 heavy (non-hydrogen) atoms. The van der Waals surface area contributed by atoms with Gasteiger partial charge in [0.15, 0.2) is 0 Å². The SMILES string of the molecule is COC(=O)C(C)(N)CCCCN1CC2CCC1C2. The minimum Gasteiger partial charge on any atom is -0.468 e. The molecule has 1 aliphatic carbocycles. The maximum absolute atomic E-state index is 11.4. The highest BCUT2D eigenvalue weighted by Crippen LogP contribution is 2.37. The molecule has 0 radical (unpaired) electrons. The van der Waals surface area contributed by atoms with Crippen molar-refractivity contribution in [1.82, 2.24) is 4.90 Å². The number of ether oxygens (including phenoxy) is 1. The standard InChI is InChI=1S/C14H26N2O2/c1-14(15,13(17)18-2)7-3-4-8-16-10-11-5-6-12(16)9-11/h11-12H,3-10,15H2,1-2H3. The Morgan fingerprint density at radius 3 is 2.78 bits per heavy atom. The number of carbonyl (C=O) groups excluding carboxylic acids is 1. The Hall–Kier alpha value is -0.610. The van der Waals surface area contributed by atoms with E-state index in [9.17, 15) is 4.79 Å². The Balaban J connectivity index is 1.63. The molecule has 4 heteroatoms. The van der Waals surface area contributed by atoms with Crippen LogP contribution in [0.5, 0.6) is 0 Å². The number of piperidine rings is 1. The number of esters is 1. The molecule has 3 unspecified atom stereocenters. The fraction of sp³-hybridized carbons (Fsp3) is 0.929. The Morgan fingerprint density at radius 2 is 2.22 bits per heavy atom. The molecule has 0 aromatic rings. The maximum Gasteiger partial charge on any atom is 0.325 e. The second kappa shape index (κ2) is 5.57. The van der Waals surface area contributed by atoms with Gasteiger partial charge in [-0.05, 0) is 57.9 Å². The van der Waals surface area contributed by atoms with E-state index in [1.165, 1.54) is 39.5 Å². The van der Waals surface area contributed by atoms with E-state index >= 15 is 0 Å². The molecule has 104 valence electrons. The van der Waals surface area contributed by atoms with Crippen LogP contribution >= 0.6 is 0 Å². The number of fused-ring (bicyclic) bond motifs is 2. The van der Waals surface area contributed by atoms with Crippen LogP contribution in [0.1, 0.15) is 45.4 Å². The van der Waals surface area contributed by atoms with Crippen LogP contribution in [-0.4, -0.2) is 42.6 Å². The molecule has 0 aromatic heterocycles. The summed E-state index contributed by atoms with van der Waals surface area (Å²) in [7, 11) is 1.40. The molecular formula is C14H26N2O2. The molecule has 2 aliphatic rings. The molecule has 2 fully saturated rings. The van der Waals surface area contributed by atoms with E-state index in [-0.39, 0.29) is 5.97 Å². The fourth-order valence-corrected chi connectivity index (χ4v) is 3.44. The first-order chi connectivity index (χ1) is 8.53. The van der Waals surface area contributed by atoms with Gasteiger partial charge in [0.1, 0.15) is 5.54 Å². The average Bonchev–Trinajstić information content (AvgIpc) is 2.95. The van der Waals surface area contributed by atoms with Crippen molar-refractivity contribution in [3.8, 4) is 0 Å². The third-order valence-electron chi connectivity index (χ3n) is 4.57. The van der Waals surface area contributed by atoms with Crippen molar-refractivity contribution < 1.29 is 9.53 Å². The predicted octanol–water partition coefficient (Wildman–Crippen LogP) is 1.53. The number of rotatable bonds is 6. The van der Waals surface area contributed by atoms with Gasteiger partial charge in [-0.25, -0.2) is 0 Å². The molecule has 1 heterocycles. The van der Waals surface area contributed by atoms with Crippen LogP contribution in [0.15, 0.2) is 0 Å². The molecule has 4 nitrogen and oxygen atoms in total. The van der Waals surface area contributed by atoms with E-state index in [1.54, 1.807) is 6.92 Å². The normalized spacial score (nSPS) is 30.4. The Kier molecular flexibility index (Phi) is 4.28. The number of hydrogen-bond acceptors (Lipinski definition) is 4. The van der Waals surface area contributed by atoms with E-state index < -0.39 is 5.54 Å². The van der Waals surface area contributed by atoms with Gasteiger partial charge in [0.25, 0.3) is 0 Å². The lowest BCUT2D eigenvalue weighted by atomic mass is 9.96. The average molecular weight is 254 g/mol. The zero-order valence-electron chi connectivity index (χ0n) is 11.7. The summed E-state index contributed by atoms with van der Waals surface area (Å²) in [6.45, 7) is 4.22. The van der Waals surface area contributed by atoms with Crippen LogP contribution in [-0.2, 0) is 9.53 Å². The largest absolute Gasteiger partial charge is 0.468 e. The van der Waals surface area contributed by atoms with Crippen molar-refractivity contribution in [1.29, 1.82) is 0 Å². The van der Waals surface area contributed by atoms with Gasteiger partial charge in [-0.15, -0.1) is 0 Å². The zero-order valence-corrected chi connectivity index (χ0v) is 11.7. The Labute approximate surface area is 110 Å². The first-order valence-corrected chi connectivity index (χ1v) is 7.14. The lowest BCUT2D eigenvalue weighted by Gasteiger charge is -2.27. The van der Waals surface area contributed by atoms with Gasteiger partial charge < -0.3 is 15.4 Å². The van der Waals surface area contributed by atoms with Crippen LogP contribution in [0.4, 0.5) is 0 Å². The summed E-state index contributed by atoms with van der Waals surface area (Å²) in [6, 6.07) is 0.847. The van der Waals surface area contributed by atoms with E-state index in [1.807, 2.05) is 0 Å². The number of nitrogens with zero attached hydrogens (tertiary/aromatic N) is 1. The fourth-order valence-electron chi connectivity index (χ4n) is 3.44. The number of methoxy groups -OCH3 is 1. The smallest absolute Gasteiger partial charge is 0.325 e. The predicted molar refractivity (Wildman–Crippen MR) is 71.2 cm³/mol. The lowest BCUT2D eigenvalue weighted by molar-refractivity contribution is -0.146. The van der Waals surface area contributed by atoms with Gasteiger partial charge in [0, 0.05) is 12.6 Å². The molecule has 3 atom stereocenters. The lowest BCUT2D eigenvalue weighted by Crippen LogP contribution is -2.45. The van der Waals surface area contributed by atoms with Gasteiger partial charge in [-0.1, -0.05) is 0 Å². The molecule has 2 N–H and O–H groups in total. The van der Waals surface area contributed by atoms with Crippen LogP contribution in [0, 0.1) is 5.92 Å². The highest BCUT2D eigenvalue weighted by molar-refractivity contribution is 5.79. The summed E-state index contributed by atoms with van der Waals surface area (Å²) in [5, 5.41) is 0. The monoisotopic (exact) mass is 254 g/mol. The minimum atomic E-state index is -0.821. The van der Waals surface area contributed by atoms with Gasteiger partial charge >= 0.3 is 5.97 Å². The summed E-state index contributed by atoms with van der Waals surface area (Å²) >= 11 is 0. The summed E-state index contributed by atoms with van der Waals surface area (Å²) < 4.78 is 4.71. The molecule has 1 saturated heterocycles. The van der Waals surface area contributed by atoms with Crippen LogP contribution in [0.3, 0.4) is 0 Å². The number of carbonyl (C=O) groups is 1. The first kappa shape index (κ1) is 13.8. The van der Waals surface area contributed by atoms with Crippen molar-refractivity contribution in [2.45, 2.75) is 57.0 Å². The second-order valence-electron chi connectivity index (χ2n) is 6.19. The number of hydrogen-bond donors (Lipinski definition) is 1. The minimum absolute atomic E-state index is 0.303. The van der Waals surface area contributed by atoms with Gasteiger partial charge in [0.05, 0.1) is 7.11 Å². The Morgan fingerprint density at radius 1 is 1.44 bits per heavy atom. The third-order valence-corrected chi connectivity index (χ3v) is 4.57. The molecular weight excluding hydrogens is 228 g/mol. The maximum atomic E-state index is 11.4. The molecule has 2 rings (SSSR count). The van der Waals surface area contributed by atoms with Crippen molar-refractivity contribution in [2.24, 2.45) is 11.7 Å². The van der Waals surface area contributed by atoms with E-state index in [4.69, 9.17) is 10.5 Å². The molecule has 1 aliphatic heterocycles. The van der Waals surface area contributed by atoms with Gasteiger partial charge in [-0.3, -0.25) is 4.79 Å². The molecule has 2 bridgehead atoms. The quantitative estimate of drug-likeness (QED) is 0.577. The molecule has 0 amide bonds. The van der Waals surface area contributed by atoms with Crippen molar-refractivity contribution in [3.05, 3.63) is 0 Å². The summed E-state index contributed by atoms with van der Waals surface area (Å²) in [5.74, 6) is 0.660. The summed E-state index contributed by atoms with van der Waals surface area (Å²) in [4.78, 5) is 14.1. The highest BCUT2D eigenvalue weighted by Gasteiger charge is 2.37. The second-order valence-corrected chi connectivity index (χ2v) is 6.19. The molecule has 0 spiro atoms. The van der Waals surface area contributed by atoms with Crippen LogP contribution in [0.2, 0.25) is 0 Å². The highest BCUT2D eigenvalue weighted by atomic mass is 16.5. The summed E-state index contributed by atoms with van der Waals surface area (Å²) in [5.41, 5.74) is 5.12. The zero-order chi connectivity index (χ0) is 13.2. The van der Waals surface area contributed by atoms with E-state index in [0.717, 1.165) is 24.8 Å². The first-order valence-electron chi connectivity index (χ1n) is 7.14. The number of nitrogens with two attached hydrogens (primary N) is 1. The summed E-state index contributed by atoms with van der Waals surface area (Å²) in [6.07, 6.45) is 7.08. The molecule has 0 aromatic carbocycles. The van der Waals surface area contributed by atoms with Crippen molar-refractivity contribution >= 4 is 5.97 Å². The van der Waals surface area contributed by atoms with Crippen LogP contribution < -0.4 is 5.73 Å². The van der Waals surface area contributed by atoms with Crippen LogP contribution in [0.25, 0.3) is 0 Å².